The molecule has 84 valence electrons. The predicted molar refractivity (Wildman–Crippen MR) is 40.7 cm³/mol. The first-order valence-corrected chi connectivity index (χ1v) is 4.02. The van der Waals surface area contributed by atoms with Crippen molar-refractivity contribution in [1.82, 2.24) is 0 Å². The van der Waals surface area contributed by atoms with Crippen molar-refractivity contribution in [1.29, 1.82) is 0 Å². The molecule has 0 aliphatic carbocycles. The summed E-state index contributed by atoms with van der Waals surface area (Å²) in [6.07, 6.45) is -4.85. The van der Waals surface area contributed by atoms with Crippen molar-refractivity contribution in [3.63, 3.8) is 0 Å². The number of carbonyl (C=O) groups is 2. The van der Waals surface area contributed by atoms with Crippen LogP contribution in [0.2, 0.25) is 0 Å². The molecule has 0 N–H and O–H groups in total. The Kier molecular flexibility index (Phi) is 3.01. The fourth-order valence-electron chi connectivity index (χ4n) is 1.04. The van der Waals surface area contributed by atoms with Gasteiger partial charge in [-0.3, -0.25) is 4.79 Å². The molecule has 0 bridgehead atoms. The van der Waals surface area contributed by atoms with Crippen LogP contribution >= 0.6 is 0 Å². The Hall–Kier alpha value is -1.53. The summed E-state index contributed by atoms with van der Waals surface area (Å²) in [6.45, 7) is 0.537. The predicted octanol–water partition coefficient (Wildman–Crippen LogP) is 0.965. The van der Waals surface area contributed by atoms with Crippen LogP contribution in [0.4, 0.5) is 13.2 Å². The van der Waals surface area contributed by atoms with Gasteiger partial charge < -0.3 is 9.47 Å². The lowest BCUT2D eigenvalue weighted by Crippen LogP contribution is -2.19. The molecule has 1 rings (SSSR count). The molecule has 0 saturated heterocycles. The van der Waals surface area contributed by atoms with Crippen LogP contribution in [0.15, 0.2) is 11.3 Å². The first kappa shape index (κ1) is 11.5. The maximum atomic E-state index is 12.2. The highest BCUT2D eigenvalue weighted by atomic mass is 19.4. The zero-order chi connectivity index (χ0) is 11.6. The molecule has 0 spiro atoms. The monoisotopic (exact) mass is 224 g/mol. The normalized spacial score (nSPS) is 16.7. The van der Waals surface area contributed by atoms with E-state index in [9.17, 15) is 22.8 Å². The quantitative estimate of drug-likeness (QED) is 0.518. The summed E-state index contributed by atoms with van der Waals surface area (Å²) in [5, 5.41) is 0. The number of hydrogen-bond acceptors (Lipinski definition) is 4. The van der Waals surface area contributed by atoms with Gasteiger partial charge in [0.2, 0.25) is 11.5 Å². The van der Waals surface area contributed by atoms with Gasteiger partial charge >= 0.3 is 12.1 Å². The molecular weight excluding hydrogens is 217 g/mol. The second-order valence-electron chi connectivity index (χ2n) is 2.63. The van der Waals surface area contributed by atoms with Gasteiger partial charge in [0.25, 0.3) is 0 Å². The summed E-state index contributed by atoms with van der Waals surface area (Å²) in [6, 6.07) is 0. The second-order valence-corrected chi connectivity index (χ2v) is 2.63. The molecule has 0 aromatic rings. The maximum Gasteiger partial charge on any atom is 0.449 e. The van der Waals surface area contributed by atoms with Crippen molar-refractivity contribution in [3.8, 4) is 0 Å². The molecule has 0 radical (unpaired) electrons. The zero-order valence-corrected chi connectivity index (χ0v) is 7.68. The SMILES string of the molecule is CCOC(=O)C1=C(C(F)(F)F)OCC1=O. The van der Waals surface area contributed by atoms with E-state index in [1.54, 1.807) is 0 Å². The van der Waals surface area contributed by atoms with Crippen molar-refractivity contribution < 1.29 is 32.2 Å². The molecule has 0 fully saturated rings. The number of esters is 1. The summed E-state index contributed by atoms with van der Waals surface area (Å²) < 4.78 is 45.2. The van der Waals surface area contributed by atoms with E-state index in [4.69, 9.17) is 0 Å². The summed E-state index contributed by atoms with van der Waals surface area (Å²) in [7, 11) is 0. The number of ether oxygens (including phenoxy) is 2. The van der Waals surface area contributed by atoms with Gasteiger partial charge in [0.1, 0.15) is 0 Å². The van der Waals surface area contributed by atoms with Crippen molar-refractivity contribution in [2.45, 2.75) is 13.1 Å². The van der Waals surface area contributed by atoms with Crippen molar-refractivity contribution >= 4 is 11.8 Å². The molecule has 1 heterocycles. The Morgan fingerprint density at radius 3 is 2.60 bits per heavy atom. The number of allylic oxidation sites excluding steroid dienone is 1. The Balaban J connectivity index is 3.07. The van der Waals surface area contributed by atoms with Gasteiger partial charge in [0.05, 0.1) is 6.61 Å². The summed E-state index contributed by atoms with van der Waals surface area (Å²) in [5.74, 6) is -3.88. The number of ketones is 1. The Bertz CT molecular complexity index is 329. The Morgan fingerprint density at radius 2 is 2.13 bits per heavy atom. The number of carbonyl (C=O) groups excluding carboxylic acids is 2. The summed E-state index contributed by atoms with van der Waals surface area (Å²) >= 11 is 0. The average molecular weight is 224 g/mol. The molecule has 0 amide bonds. The van der Waals surface area contributed by atoms with Crippen LogP contribution in [-0.2, 0) is 19.1 Å². The number of halogens is 3. The smallest absolute Gasteiger partial charge is 0.449 e. The van der Waals surface area contributed by atoms with Gasteiger partial charge in [-0.1, -0.05) is 0 Å². The molecule has 1 aliphatic heterocycles. The van der Waals surface area contributed by atoms with Gasteiger partial charge in [-0.25, -0.2) is 4.79 Å². The largest absolute Gasteiger partial charge is 0.480 e. The van der Waals surface area contributed by atoms with Gasteiger partial charge in [-0.2, -0.15) is 13.2 Å². The van der Waals surface area contributed by atoms with Gasteiger partial charge in [-0.05, 0) is 6.92 Å². The summed E-state index contributed by atoms with van der Waals surface area (Å²) in [5.41, 5.74) is -1.05. The second kappa shape index (κ2) is 3.92. The number of Topliss-reactive ketones (excluding diaryl/α,β-unsaturated/α-hetero) is 1. The zero-order valence-electron chi connectivity index (χ0n) is 7.68. The van der Waals surface area contributed by atoms with Crippen LogP contribution < -0.4 is 0 Å². The summed E-state index contributed by atoms with van der Waals surface area (Å²) in [4.78, 5) is 22.0. The van der Waals surface area contributed by atoms with Crippen molar-refractivity contribution in [2.75, 3.05) is 13.2 Å². The highest BCUT2D eigenvalue weighted by Gasteiger charge is 2.47. The van der Waals surface area contributed by atoms with Crippen LogP contribution in [0.1, 0.15) is 6.92 Å². The third-order valence-corrected chi connectivity index (χ3v) is 1.59. The number of hydrogen-bond donors (Lipinski definition) is 0. The van der Waals surface area contributed by atoms with E-state index >= 15 is 0 Å². The lowest BCUT2D eigenvalue weighted by Gasteiger charge is -2.08. The molecule has 15 heavy (non-hydrogen) atoms. The van der Waals surface area contributed by atoms with E-state index in [0.29, 0.717) is 0 Å². The van der Waals surface area contributed by atoms with E-state index in [1.165, 1.54) is 6.92 Å². The first-order chi connectivity index (χ1) is 6.88. The van der Waals surface area contributed by atoms with Gasteiger partial charge in [-0.15, -0.1) is 0 Å². The topological polar surface area (TPSA) is 52.6 Å². The van der Waals surface area contributed by atoms with Crippen molar-refractivity contribution in [2.24, 2.45) is 0 Å². The highest BCUT2D eigenvalue weighted by Crippen LogP contribution is 2.33. The fourth-order valence-corrected chi connectivity index (χ4v) is 1.04. The van der Waals surface area contributed by atoms with E-state index in [0.717, 1.165) is 0 Å². The molecule has 0 saturated carbocycles. The minimum absolute atomic E-state index is 0.110. The molecule has 0 aromatic carbocycles. The fraction of sp³-hybridized carbons (Fsp3) is 0.500. The van der Waals surface area contributed by atoms with E-state index in [1.807, 2.05) is 0 Å². The minimum Gasteiger partial charge on any atom is -0.480 e. The molecule has 1 aliphatic rings. The highest BCUT2D eigenvalue weighted by molar-refractivity contribution is 6.19. The van der Waals surface area contributed by atoms with Crippen LogP contribution in [-0.4, -0.2) is 31.1 Å². The van der Waals surface area contributed by atoms with Crippen LogP contribution in [0, 0.1) is 0 Å². The third-order valence-electron chi connectivity index (χ3n) is 1.59. The Labute approximate surface area is 82.6 Å². The maximum absolute atomic E-state index is 12.2. The van der Waals surface area contributed by atoms with E-state index < -0.39 is 35.9 Å². The number of alkyl halides is 3. The molecular formula is C8H7F3O4. The van der Waals surface area contributed by atoms with E-state index in [2.05, 4.69) is 9.47 Å². The number of rotatable bonds is 2. The molecule has 7 heteroatoms. The van der Waals surface area contributed by atoms with Crippen molar-refractivity contribution in [3.05, 3.63) is 11.3 Å². The van der Waals surface area contributed by atoms with Crippen LogP contribution in [0.25, 0.3) is 0 Å². The molecule has 0 unspecified atom stereocenters. The van der Waals surface area contributed by atoms with E-state index in [-0.39, 0.29) is 6.61 Å². The van der Waals surface area contributed by atoms with Gasteiger partial charge in [0.15, 0.2) is 12.2 Å². The lowest BCUT2D eigenvalue weighted by atomic mass is 10.2. The van der Waals surface area contributed by atoms with Gasteiger partial charge in [0, 0.05) is 0 Å². The molecule has 0 aromatic heterocycles. The van der Waals surface area contributed by atoms with Crippen LogP contribution in [0.5, 0.6) is 0 Å². The Morgan fingerprint density at radius 1 is 1.53 bits per heavy atom. The minimum atomic E-state index is -4.85. The standard InChI is InChI=1S/C8H7F3O4/c1-2-14-7(13)5-4(12)3-15-6(5)8(9,10)11/h2-3H2,1H3. The molecule has 4 nitrogen and oxygen atoms in total. The third kappa shape index (κ3) is 2.28. The lowest BCUT2D eigenvalue weighted by molar-refractivity contribution is -0.142. The average Bonchev–Trinajstić information content (AvgIpc) is 2.46. The first-order valence-electron chi connectivity index (χ1n) is 4.02. The van der Waals surface area contributed by atoms with Crippen LogP contribution in [0.3, 0.4) is 0 Å². The molecule has 0 atom stereocenters.